The van der Waals surface area contributed by atoms with E-state index in [0.29, 0.717) is 12.2 Å². The fraction of sp³-hybridized carbons (Fsp3) is 0.778. The molecule has 0 saturated heterocycles. The van der Waals surface area contributed by atoms with Crippen LogP contribution in [0, 0.1) is 0 Å². The molecule has 0 fully saturated rings. The van der Waals surface area contributed by atoms with E-state index in [1.807, 2.05) is 6.92 Å². The Morgan fingerprint density at radius 1 is 1.47 bits per heavy atom. The first-order valence-corrected chi connectivity index (χ1v) is 6.10. The lowest BCUT2D eigenvalue weighted by molar-refractivity contribution is -0.119. The van der Waals surface area contributed by atoms with Crippen LogP contribution in [0.5, 0.6) is 0 Å². The summed E-state index contributed by atoms with van der Waals surface area (Å²) >= 11 is 1.63. The van der Waals surface area contributed by atoms with Crippen molar-refractivity contribution in [3.8, 4) is 0 Å². The van der Waals surface area contributed by atoms with Crippen molar-refractivity contribution in [3.63, 3.8) is 0 Å². The first-order valence-electron chi connectivity index (χ1n) is 4.95. The third-order valence-electron chi connectivity index (χ3n) is 1.81. The fourth-order valence-electron chi connectivity index (χ4n) is 0.769. The van der Waals surface area contributed by atoms with Crippen molar-refractivity contribution in [2.45, 2.75) is 25.8 Å². The van der Waals surface area contributed by atoms with E-state index in [-0.39, 0.29) is 11.9 Å². The van der Waals surface area contributed by atoms with Gasteiger partial charge >= 0.3 is 6.03 Å². The first-order chi connectivity index (χ1) is 7.10. The SMILES string of the molecule is CCC(N)CSCCC(=O)NC(=O)NC. The molecule has 0 rings (SSSR count). The van der Waals surface area contributed by atoms with Gasteiger partial charge in [-0.25, -0.2) is 4.79 Å². The van der Waals surface area contributed by atoms with Crippen molar-refractivity contribution < 1.29 is 9.59 Å². The zero-order valence-electron chi connectivity index (χ0n) is 9.21. The molecule has 0 aliphatic heterocycles. The molecular weight excluding hydrogens is 214 g/mol. The topological polar surface area (TPSA) is 84.2 Å². The molecule has 3 amide bonds. The lowest BCUT2D eigenvalue weighted by Gasteiger charge is -2.07. The van der Waals surface area contributed by atoms with E-state index >= 15 is 0 Å². The van der Waals surface area contributed by atoms with Crippen LogP contribution in [0.15, 0.2) is 0 Å². The van der Waals surface area contributed by atoms with Crippen LogP contribution in [-0.2, 0) is 4.79 Å². The van der Waals surface area contributed by atoms with Crippen LogP contribution in [0.25, 0.3) is 0 Å². The number of hydrogen-bond donors (Lipinski definition) is 3. The maximum Gasteiger partial charge on any atom is 0.321 e. The van der Waals surface area contributed by atoms with Gasteiger partial charge in [-0.15, -0.1) is 0 Å². The van der Waals surface area contributed by atoms with Gasteiger partial charge in [-0.1, -0.05) is 6.92 Å². The molecule has 0 bridgehead atoms. The summed E-state index contributed by atoms with van der Waals surface area (Å²) in [4.78, 5) is 21.8. The number of urea groups is 1. The largest absolute Gasteiger partial charge is 0.341 e. The number of nitrogens with two attached hydrogens (primary N) is 1. The quantitative estimate of drug-likeness (QED) is 0.576. The van der Waals surface area contributed by atoms with Crippen LogP contribution in [0.1, 0.15) is 19.8 Å². The van der Waals surface area contributed by atoms with Crippen LogP contribution >= 0.6 is 11.8 Å². The predicted octanol–water partition coefficient (Wildman–Crippen LogP) is 0.303. The van der Waals surface area contributed by atoms with Gasteiger partial charge in [-0.2, -0.15) is 11.8 Å². The van der Waals surface area contributed by atoms with E-state index in [0.717, 1.165) is 12.2 Å². The molecule has 0 radical (unpaired) electrons. The van der Waals surface area contributed by atoms with Gasteiger partial charge < -0.3 is 11.1 Å². The summed E-state index contributed by atoms with van der Waals surface area (Å²) < 4.78 is 0. The average molecular weight is 233 g/mol. The molecule has 4 N–H and O–H groups in total. The van der Waals surface area contributed by atoms with Crippen LogP contribution in [0.3, 0.4) is 0 Å². The summed E-state index contributed by atoms with van der Waals surface area (Å²) in [5.74, 6) is 1.28. The third-order valence-corrected chi connectivity index (χ3v) is 2.97. The molecule has 0 aromatic carbocycles. The highest BCUT2D eigenvalue weighted by Gasteiger charge is 2.05. The van der Waals surface area contributed by atoms with Crippen molar-refractivity contribution >= 4 is 23.7 Å². The standard InChI is InChI=1S/C9H19N3O2S/c1-3-7(10)6-15-5-4-8(13)12-9(14)11-2/h7H,3-6,10H2,1-2H3,(H2,11,12,13,14). The van der Waals surface area contributed by atoms with Crippen LogP contribution < -0.4 is 16.4 Å². The van der Waals surface area contributed by atoms with Crippen molar-refractivity contribution in [2.24, 2.45) is 5.73 Å². The Hall–Kier alpha value is -0.750. The van der Waals surface area contributed by atoms with E-state index in [2.05, 4.69) is 10.6 Å². The molecule has 15 heavy (non-hydrogen) atoms. The number of imide groups is 1. The van der Waals surface area contributed by atoms with Gasteiger partial charge in [0.1, 0.15) is 0 Å². The lowest BCUT2D eigenvalue weighted by Crippen LogP contribution is -2.37. The summed E-state index contributed by atoms with van der Waals surface area (Å²) in [7, 11) is 1.47. The van der Waals surface area contributed by atoms with Gasteiger partial charge in [0.25, 0.3) is 0 Å². The zero-order valence-corrected chi connectivity index (χ0v) is 10.0. The van der Waals surface area contributed by atoms with Crippen molar-refractivity contribution in [1.29, 1.82) is 0 Å². The summed E-state index contributed by atoms with van der Waals surface area (Å²) in [6.07, 6.45) is 1.28. The van der Waals surface area contributed by atoms with Crippen molar-refractivity contribution in [3.05, 3.63) is 0 Å². The van der Waals surface area contributed by atoms with E-state index < -0.39 is 6.03 Å². The third kappa shape index (κ3) is 8.26. The number of nitrogens with one attached hydrogen (secondary N) is 2. The number of hydrogen-bond acceptors (Lipinski definition) is 4. The maximum atomic E-state index is 11.1. The first kappa shape index (κ1) is 14.2. The molecule has 0 aliphatic rings. The Morgan fingerprint density at radius 2 is 2.13 bits per heavy atom. The van der Waals surface area contributed by atoms with Gasteiger partial charge in [0, 0.05) is 31.0 Å². The molecule has 0 saturated carbocycles. The Balaban J connectivity index is 3.43. The van der Waals surface area contributed by atoms with E-state index in [4.69, 9.17) is 5.73 Å². The van der Waals surface area contributed by atoms with Crippen LogP contribution in [0.2, 0.25) is 0 Å². The molecule has 1 unspecified atom stereocenters. The minimum Gasteiger partial charge on any atom is -0.341 e. The second-order valence-electron chi connectivity index (χ2n) is 3.12. The Morgan fingerprint density at radius 3 is 2.67 bits per heavy atom. The van der Waals surface area contributed by atoms with Crippen molar-refractivity contribution in [2.75, 3.05) is 18.6 Å². The van der Waals surface area contributed by atoms with Gasteiger partial charge in [0.2, 0.25) is 5.91 Å². The minimum atomic E-state index is -0.463. The molecule has 88 valence electrons. The normalized spacial score (nSPS) is 11.9. The highest BCUT2D eigenvalue weighted by Crippen LogP contribution is 2.05. The number of carbonyl (C=O) groups is 2. The van der Waals surface area contributed by atoms with E-state index in [1.165, 1.54) is 7.05 Å². The molecule has 0 heterocycles. The molecule has 1 atom stereocenters. The van der Waals surface area contributed by atoms with Crippen LogP contribution in [0.4, 0.5) is 4.79 Å². The number of amides is 3. The molecule has 6 heteroatoms. The average Bonchev–Trinajstić information content (AvgIpc) is 2.23. The number of thioether (sulfide) groups is 1. The number of rotatable bonds is 6. The van der Waals surface area contributed by atoms with Gasteiger partial charge in [0.05, 0.1) is 0 Å². The molecular formula is C9H19N3O2S. The molecule has 0 aromatic heterocycles. The maximum absolute atomic E-state index is 11.1. The zero-order chi connectivity index (χ0) is 11.7. The van der Waals surface area contributed by atoms with Gasteiger partial charge in [-0.3, -0.25) is 10.1 Å². The summed E-state index contributed by atoms with van der Waals surface area (Å²) in [5.41, 5.74) is 5.71. The summed E-state index contributed by atoms with van der Waals surface area (Å²) in [6, 6.07) is -0.271. The minimum absolute atomic E-state index is 0.192. The monoisotopic (exact) mass is 233 g/mol. The molecule has 5 nitrogen and oxygen atoms in total. The Bertz CT molecular complexity index is 212. The second-order valence-corrected chi connectivity index (χ2v) is 4.27. The molecule has 0 spiro atoms. The Kier molecular flexibility index (Phi) is 8.12. The smallest absolute Gasteiger partial charge is 0.321 e. The number of carbonyl (C=O) groups excluding carboxylic acids is 2. The molecule has 0 aromatic rings. The lowest BCUT2D eigenvalue weighted by atomic mass is 10.3. The highest BCUT2D eigenvalue weighted by atomic mass is 32.2. The van der Waals surface area contributed by atoms with E-state index in [1.54, 1.807) is 11.8 Å². The van der Waals surface area contributed by atoms with Crippen molar-refractivity contribution in [1.82, 2.24) is 10.6 Å². The van der Waals surface area contributed by atoms with Gasteiger partial charge in [0.15, 0.2) is 0 Å². The highest BCUT2D eigenvalue weighted by molar-refractivity contribution is 7.99. The fourth-order valence-corrected chi connectivity index (χ4v) is 1.80. The summed E-state index contributed by atoms with van der Waals surface area (Å²) in [5, 5.41) is 4.51. The van der Waals surface area contributed by atoms with E-state index in [9.17, 15) is 9.59 Å². The van der Waals surface area contributed by atoms with Crippen LogP contribution in [-0.4, -0.2) is 36.5 Å². The Labute approximate surface area is 94.5 Å². The van der Waals surface area contributed by atoms with Gasteiger partial charge in [-0.05, 0) is 6.42 Å². The second kappa shape index (κ2) is 8.55. The predicted molar refractivity (Wildman–Crippen MR) is 62.8 cm³/mol. The molecule has 0 aliphatic carbocycles. The summed E-state index contributed by atoms with van der Waals surface area (Å²) in [6.45, 7) is 2.03.